The molecule has 2 N–H and O–H groups in total. The molecule has 0 radical (unpaired) electrons. The highest BCUT2D eigenvalue weighted by molar-refractivity contribution is 6.30. The summed E-state index contributed by atoms with van der Waals surface area (Å²) in [6, 6.07) is 13.6. The van der Waals surface area contributed by atoms with Crippen LogP contribution in [0.15, 0.2) is 47.5 Å². The predicted molar refractivity (Wildman–Crippen MR) is 152 cm³/mol. The van der Waals surface area contributed by atoms with Gasteiger partial charge in [-0.15, -0.1) is 10.2 Å². The molecule has 0 saturated heterocycles. The van der Waals surface area contributed by atoms with Crippen molar-refractivity contribution >= 4 is 23.2 Å². The summed E-state index contributed by atoms with van der Waals surface area (Å²) in [6.45, 7) is 16.5. The van der Waals surface area contributed by atoms with Crippen molar-refractivity contribution < 1.29 is 9.53 Å². The summed E-state index contributed by atoms with van der Waals surface area (Å²) in [6.07, 6.45) is 0.829. The van der Waals surface area contributed by atoms with Crippen molar-refractivity contribution in [2.24, 2.45) is 21.6 Å². The topological polar surface area (TPSA) is 95.4 Å². The molecule has 0 bridgehead atoms. The fourth-order valence-corrected chi connectivity index (χ4v) is 4.48. The van der Waals surface area contributed by atoms with Gasteiger partial charge in [-0.1, -0.05) is 72.2 Å². The van der Waals surface area contributed by atoms with Crippen molar-refractivity contribution in [1.82, 2.24) is 14.8 Å². The van der Waals surface area contributed by atoms with E-state index in [9.17, 15) is 4.79 Å². The standard InChI is InChI=1S/C18H15ClN4O.C9H19NO.C2H6/c1-11-21-22-17-10-20-18(12-3-5-13(19)6-4-12)15-9-14(24-2)7-8-16(15)23(11)17;1-8(2,3)6-9(4,5)7(10)11;1-2/h3-9H,10H2,1-2H3;6H2,1-5H3,(H2,10,11);1-2H3. The molecule has 1 aliphatic rings. The zero-order valence-electron chi connectivity index (χ0n) is 23.5. The monoisotopic (exact) mass is 525 g/mol. The van der Waals surface area contributed by atoms with Crippen LogP contribution in [0.2, 0.25) is 5.02 Å². The van der Waals surface area contributed by atoms with Crippen LogP contribution in [0.1, 0.15) is 77.7 Å². The molecule has 0 aliphatic carbocycles. The summed E-state index contributed by atoms with van der Waals surface area (Å²) >= 11 is 6.02. The lowest BCUT2D eigenvalue weighted by atomic mass is 9.76. The molecule has 1 amide bonds. The zero-order valence-corrected chi connectivity index (χ0v) is 24.3. The van der Waals surface area contributed by atoms with Gasteiger partial charge in [-0.25, -0.2) is 0 Å². The molecule has 1 aliphatic heterocycles. The Kier molecular flexibility index (Phi) is 10.0. The molecule has 0 fully saturated rings. The fraction of sp³-hybridized carbons (Fsp3) is 0.448. The van der Waals surface area contributed by atoms with Gasteiger partial charge in [-0.3, -0.25) is 14.4 Å². The number of halogens is 1. The van der Waals surface area contributed by atoms with Crippen LogP contribution < -0.4 is 10.5 Å². The van der Waals surface area contributed by atoms with Gasteiger partial charge >= 0.3 is 0 Å². The number of methoxy groups -OCH3 is 1. The van der Waals surface area contributed by atoms with E-state index in [4.69, 9.17) is 27.1 Å². The van der Waals surface area contributed by atoms with Gasteiger partial charge in [0.1, 0.15) is 18.1 Å². The molecular formula is C29H40ClN5O2. The number of aromatic nitrogens is 3. The Labute approximate surface area is 226 Å². The normalized spacial score (nSPS) is 12.4. The Morgan fingerprint density at radius 3 is 2.19 bits per heavy atom. The van der Waals surface area contributed by atoms with Gasteiger partial charge in [0.05, 0.1) is 18.5 Å². The molecule has 200 valence electrons. The first-order valence-electron chi connectivity index (χ1n) is 12.5. The number of carbonyl (C=O) groups excluding carboxylic acids is 1. The van der Waals surface area contributed by atoms with Crippen molar-refractivity contribution in [1.29, 1.82) is 0 Å². The van der Waals surface area contributed by atoms with E-state index in [0.717, 1.165) is 46.3 Å². The van der Waals surface area contributed by atoms with Crippen LogP contribution >= 0.6 is 11.6 Å². The van der Waals surface area contributed by atoms with Crippen molar-refractivity contribution in [3.63, 3.8) is 0 Å². The maximum absolute atomic E-state index is 10.9. The molecule has 37 heavy (non-hydrogen) atoms. The van der Waals surface area contributed by atoms with Crippen LogP contribution in [0.25, 0.3) is 5.69 Å². The SMILES string of the molecule is CC.CC(C)(C)CC(C)(C)C(N)=O.COc1ccc2c(c1)C(c1ccc(Cl)cc1)=NCc1nnc(C)n1-2. The van der Waals surface area contributed by atoms with E-state index >= 15 is 0 Å². The third kappa shape index (κ3) is 7.65. The third-order valence-corrected chi connectivity index (χ3v) is 5.98. The number of benzene rings is 2. The number of carbonyl (C=O) groups is 1. The summed E-state index contributed by atoms with van der Waals surface area (Å²) in [5, 5.41) is 9.14. The minimum Gasteiger partial charge on any atom is -0.497 e. The minimum atomic E-state index is -0.377. The quantitative estimate of drug-likeness (QED) is 0.417. The number of aliphatic imine (C=N–C) groups is 1. The molecule has 8 heteroatoms. The van der Waals surface area contributed by atoms with Crippen LogP contribution in [-0.4, -0.2) is 33.5 Å². The Bertz CT molecular complexity index is 1240. The van der Waals surface area contributed by atoms with Gasteiger partial charge in [0.25, 0.3) is 0 Å². The summed E-state index contributed by atoms with van der Waals surface area (Å²) in [7, 11) is 1.66. The highest BCUT2D eigenvalue weighted by Gasteiger charge is 2.30. The number of ether oxygens (including phenoxy) is 1. The van der Waals surface area contributed by atoms with E-state index in [1.165, 1.54) is 0 Å². The minimum absolute atomic E-state index is 0.165. The van der Waals surface area contributed by atoms with E-state index in [1.807, 2.05) is 81.7 Å². The average molecular weight is 526 g/mol. The van der Waals surface area contributed by atoms with Gasteiger partial charge in [-0.05, 0) is 49.1 Å². The molecule has 0 unspecified atom stereocenters. The van der Waals surface area contributed by atoms with E-state index in [0.29, 0.717) is 11.6 Å². The number of nitrogens with zero attached hydrogens (tertiary/aromatic N) is 4. The number of amides is 1. The Hall–Kier alpha value is -3.19. The number of nitrogens with two attached hydrogens (primary N) is 1. The Morgan fingerprint density at radius 1 is 1.05 bits per heavy atom. The number of fused-ring (bicyclic) bond motifs is 3. The molecular weight excluding hydrogens is 486 g/mol. The molecule has 0 spiro atoms. The van der Waals surface area contributed by atoms with Crippen molar-refractivity contribution in [2.75, 3.05) is 7.11 Å². The van der Waals surface area contributed by atoms with Crippen molar-refractivity contribution in [2.45, 2.75) is 68.4 Å². The highest BCUT2D eigenvalue weighted by Crippen LogP contribution is 2.32. The van der Waals surface area contributed by atoms with E-state index in [-0.39, 0.29) is 16.7 Å². The second-order valence-electron chi connectivity index (χ2n) is 10.5. The first-order valence-corrected chi connectivity index (χ1v) is 12.9. The molecule has 0 saturated carbocycles. The molecule has 3 aromatic rings. The Balaban J connectivity index is 0.000000315. The molecule has 4 rings (SSSR count). The largest absolute Gasteiger partial charge is 0.497 e. The van der Waals surface area contributed by atoms with Gasteiger partial charge < -0.3 is 10.5 Å². The van der Waals surface area contributed by atoms with Crippen LogP contribution in [0.4, 0.5) is 0 Å². The summed E-state index contributed by atoms with van der Waals surface area (Å²) in [5.41, 5.74) is 8.91. The van der Waals surface area contributed by atoms with E-state index < -0.39 is 0 Å². The predicted octanol–water partition coefficient (Wildman–Crippen LogP) is 6.55. The summed E-state index contributed by atoms with van der Waals surface area (Å²) in [4.78, 5) is 15.7. The lowest BCUT2D eigenvalue weighted by molar-refractivity contribution is -0.127. The highest BCUT2D eigenvalue weighted by atomic mass is 35.5. The van der Waals surface area contributed by atoms with E-state index in [1.54, 1.807) is 7.11 Å². The van der Waals surface area contributed by atoms with Crippen LogP contribution in [0.3, 0.4) is 0 Å². The molecule has 2 heterocycles. The summed E-state index contributed by atoms with van der Waals surface area (Å²) < 4.78 is 7.45. The number of rotatable bonds is 4. The summed E-state index contributed by atoms with van der Waals surface area (Å²) in [5.74, 6) is 2.23. The van der Waals surface area contributed by atoms with Crippen molar-refractivity contribution in [3.05, 3.63) is 70.3 Å². The lowest BCUT2D eigenvalue weighted by Crippen LogP contribution is -2.34. The maximum Gasteiger partial charge on any atom is 0.223 e. The van der Waals surface area contributed by atoms with Gasteiger partial charge in [0.15, 0.2) is 5.82 Å². The lowest BCUT2D eigenvalue weighted by Gasteiger charge is -2.29. The van der Waals surface area contributed by atoms with Crippen molar-refractivity contribution in [3.8, 4) is 11.4 Å². The van der Waals surface area contributed by atoms with E-state index in [2.05, 4.69) is 31.0 Å². The third-order valence-electron chi connectivity index (χ3n) is 5.73. The van der Waals surface area contributed by atoms with Gasteiger partial charge in [0, 0.05) is 21.6 Å². The number of primary amides is 1. The Morgan fingerprint density at radius 2 is 1.68 bits per heavy atom. The number of aryl methyl sites for hydroxylation is 1. The molecule has 1 aromatic heterocycles. The fourth-order valence-electron chi connectivity index (χ4n) is 4.35. The maximum atomic E-state index is 10.9. The average Bonchev–Trinajstić information content (AvgIpc) is 3.11. The first-order chi connectivity index (χ1) is 17.3. The zero-order chi connectivity index (χ0) is 28.0. The second-order valence-corrected chi connectivity index (χ2v) is 11.0. The van der Waals surface area contributed by atoms with Crippen LogP contribution in [0, 0.1) is 17.8 Å². The molecule has 0 atom stereocenters. The number of hydrogen-bond donors (Lipinski definition) is 1. The second kappa shape index (κ2) is 12.4. The molecule has 2 aromatic carbocycles. The van der Waals surface area contributed by atoms with Gasteiger partial charge in [0.2, 0.25) is 5.91 Å². The smallest absolute Gasteiger partial charge is 0.223 e. The number of hydrogen-bond acceptors (Lipinski definition) is 5. The first kappa shape index (κ1) is 30.0. The van der Waals surface area contributed by atoms with Crippen LogP contribution in [-0.2, 0) is 11.3 Å². The van der Waals surface area contributed by atoms with Crippen LogP contribution in [0.5, 0.6) is 5.75 Å². The molecule has 7 nitrogen and oxygen atoms in total. The van der Waals surface area contributed by atoms with Gasteiger partial charge in [-0.2, -0.15) is 0 Å².